The number of rotatable bonds is 6. The number of methoxy groups -OCH3 is 2. The van der Waals surface area contributed by atoms with Gasteiger partial charge in [0.05, 0.1) is 25.8 Å². The van der Waals surface area contributed by atoms with Crippen LogP contribution in [0.15, 0.2) is 47.0 Å². The Morgan fingerprint density at radius 1 is 1.18 bits per heavy atom. The summed E-state index contributed by atoms with van der Waals surface area (Å²) in [6.45, 7) is 1.54. The van der Waals surface area contributed by atoms with E-state index in [1.807, 2.05) is 36.4 Å². The number of hydrogen-bond donors (Lipinski definition) is 0. The van der Waals surface area contributed by atoms with Crippen LogP contribution in [-0.4, -0.2) is 35.8 Å². The van der Waals surface area contributed by atoms with Gasteiger partial charge in [0, 0.05) is 23.2 Å². The van der Waals surface area contributed by atoms with Crippen molar-refractivity contribution in [3.05, 3.63) is 58.9 Å². The number of ether oxygens (including phenoxy) is 2. The Bertz CT molecular complexity index is 960. The summed E-state index contributed by atoms with van der Waals surface area (Å²) in [5.74, 6) is 2.71. The molecule has 0 saturated carbocycles. The molecule has 3 aromatic rings. The highest BCUT2D eigenvalue weighted by atomic mass is 35.5. The average molecular weight is 400 g/mol. The minimum Gasteiger partial charge on any atom is -0.497 e. The molecule has 1 aliphatic heterocycles. The van der Waals surface area contributed by atoms with Crippen LogP contribution in [0.1, 0.15) is 30.3 Å². The predicted molar refractivity (Wildman–Crippen MR) is 107 cm³/mol. The van der Waals surface area contributed by atoms with E-state index in [-0.39, 0.29) is 6.04 Å². The molecule has 0 aliphatic carbocycles. The second-order valence-electron chi connectivity index (χ2n) is 6.73. The number of likely N-dealkylation sites (tertiary alicyclic amines) is 1. The maximum absolute atomic E-state index is 6.24. The standard InChI is InChI=1S/C21H22ClN3O3/c1-26-14-9-10-16(19(12-14)27-2)18-8-5-11-25(18)13-20-23-21(24-28-20)15-6-3-4-7-17(15)22/h3-4,6-7,9-10,12,18H,5,8,11,13H2,1-2H3/t18-/m1/s1. The topological polar surface area (TPSA) is 60.6 Å². The first kappa shape index (κ1) is 18.8. The van der Waals surface area contributed by atoms with E-state index >= 15 is 0 Å². The van der Waals surface area contributed by atoms with Gasteiger partial charge in [0.2, 0.25) is 11.7 Å². The molecule has 4 rings (SSSR count). The molecular weight excluding hydrogens is 378 g/mol. The van der Waals surface area contributed by atoms with E-state index in [2.05, 4.69) is 21.1 Å². The maximum Gasteiger partial charge on any atom is 0.241 e. The zero-order chi connectivity index (χ0) is 19.5. The van der Waals surface area contributed by atoms with Crippen LogP contribution in [0.4, 0.5) is 0 Å². The molecule has 1 fully saturated rings. The normalized spacial score (nSPS) is 17.0. The molecule has 146 valence electrons. The first-order valence-corrected chi connectivity index (χ1v) is 9.61. The summed E-state index contributed by atoms with van der Waals surface area (Å²) in [5.41, 5.74) is 1.92. The molecule has 28 heavy (non-hydrogen) atoms. The molecule has 1 saturated heterocycles. The molecule has 2 heterocycles. The van der Waals surface area contributed by atoms with Gasteiger partial charge in [0.25, 0.3) is 0 Å². The zero-order valence-electron chi connectivity index (χ0n) is 15.9. The van der Waals surface area contributed by atoms with E-state index in [0.29, 0.717) is 23.3 Å². The lowest BCUT2D eigenvalue weighted by atomic mass is 10.0. The van der Waals surface area contributed by atoms with E-state index < -0.39 is 0 Å². The van der Waals surface area contributed by atoms with Crippen molar-refractivity contribution in [1.82, 2.24) is 15.0 Å². The van der Waals surface area contributed by atoms with Crippen LogP contribution in [-0.2, 0) is 6.54 Å². The molecule has 0 spiro atoms. The summed E-state index contributed by atoms with van der Waals surface area (Å²) >= 11 is 6.24. The number of aromatic nitrogens is 2. The van der Waals surface area contributed by atoms with Gasteiger partial charge >= 0.3 is 0 Å². The quantitative estimate of drug-likeness (QED) is 0.596. The van der Waals surface area contributed by atoms with Gasteiger partial charge in [-0.2, -0.15) is 4.98 Å². The molecule has 0 bridgehead atoms. The fraction of sp³-hybridized carbons (Fsp3) is 0.333. The van der Waals surface area contributed by atoms with Crippen molar-refractivity contribution < 1.29 is 14.0 Å². The smallest absolute Gasteiger partial charge is 0.241 e. The van der Waals surface area contributed by atoms with Gasteiger partial charge in [-0.15, -0.1) is 0 Å². The van der Waals surface area contributed by atoms with Crippen molar-refractivity contribution in [1.29, 1.82) is 0 Å². The van der Waals surface area contributed by atoms with Crippen LogP contribution in [0.5, 0.6) is 11.5 Å². The molecule has 0 amide bonds. The van der Waals surface area contributed by atoms with Crippen LogP contribution >= 0.6 is 11.6 Å². The van der Waals surface area contributed by atoms with Crippen molar-refractivity contribution in [3.63, 3.8) is 0 Å². The van der Waals surface area contributed by atoms with E-state index in [4.69, 9.17) is 25.6 Å². The Morgan fingerprint density at radius 3 is 2.82 bits per heavy atom. The summed E-state index contributed by atoms with van der Waals surface area (Å²) < 4.78 is 16.4. The number of nitrogens with zero attached hydrogens (tertiary/aromatic N) is 3. The summed E-state index contributed by atoms with van der Waals surface area (Å²) in [4.78, 5) is 6.89. The van der Waals surface area contributed by atoms with Crippen LogP contribution in [0.25, 0.3) is 11.4 Å². The molecule has 2 aromatic carbocycles. The minimum atomic E-state index is 0.233. The molecule has 1 aromatic heterocycles. The number of hydrogen-bond acceptors (Lipinski definition) is 6. The third-order valence-electron chi connectivity index (χ3n) is 5.08. The largest absolute Gasteiger partial charge is 0.497 e. The van der Waals surface area contributed by atoms with E-state index in [1.165, 1.54) is 0 Å². The summed E-state index contributed by atoms with van der Waals surface area (Å²) in [6, 6.07) is 13.7. The fourth-order valence-corrected chi connectivity index (χ4v) is 3.93. The molecule has 1 aliphatic rings. The second-order valence-corrected chi connectivity index (χ2v) is 7.14. The predicted octanol–water partition coefficient (Wildman–Crippen LogP) is 4.74. The monoisotopic (exact) mass is 399 g/mol. The molecular formula is C21H22ClN3O3. The lowest BCUT2D eigenvalue weighted by molar-refractivity contribution is 0.209. The van der Waals surface area contributed by atoms with Crippen molar-refractivity contribution in [3.8, 4) is 22.9 Å². The summed E-state index contributed by atoms with van der Waals surface area (Å²) in [7, 11) is 3.34. The highest BCUT2D eigenvalue weighted by Gasteiger charge is 2.30. The van der Waals surface area contributed by atoms with E-state index in [0.717, 1.165) is 42.0 Å². The highest BCUT2D eigenvalue weighted by molar-refractivity contribution is 6.33. The average Bonchev–Trinajstić information content (AvgIpc) is 3.38. The third-order valence-corrected chi connectivity index (χ3v) is 5.41. The Morgan fingerprint density at radius 2 is 2.04 bits per heavy atom. The van der Waals surface area contributed by atoms with Gasteiger partial charge < -0.3 is 14.0 Å². The van der Waals surface area contributed by atoms with E-state index in [1.54, 1.807) is 14.2 Å². The lowest BCUT2D eigenvalue weighted by Gasteiger charge is -2.25. The highest BCUT2D eigenvalue weighted by Crippen LogP contribution is 2.39. The number of halogens is 1. The molecule has 0 N–H and O–H groups in total. The first-order valence-electron chi connectivity index (χ1n) is 9.23. The molecule has 6 nitrogen and oxygen atoms in total. The molecule has 7 heteroatoms. The number of benzene rings is 2. The second kappa shape index (κ2) is 8.20. The van der Waals surface area contributed by atoms with Gasteiger partial charge in [0.15, 0.2) is 0 Å². The first-order chi connectivity index (χ1) is 13.7. The molecule has 0 unspecified atom stereocenters. The van der Waals surface area contributed by atoms with Gasteiger partial charge in [-0.3, -0.25) is 4.90 Å². The zero-order valence-corrected chi connectivity index (χ0v) is 16.6. The van der Waals surface area contributed by atoms with Crippen molar-refractivity contribution in [2.45, 2.75) is 25.4 Å². The molecule has 0 radical (unpaired) electrons. The van der Waals surface area contributed by atoms with Crippen LogP contribution in [0, 0.1) is 0 Å². The minimum absolute atomic E-state index is 0.233. The Balaban J connectivity index is 1.55. The maximum atomic E-state index is 6.24. The van der Waals surface area contributed by atoms with Crippen molar-refractivity contribution >= 4 is 11.6 Å². The summed E-state index contributed by atoms with van der Waals surface area (Å²) in [5, 5.41) is 4.71. The van der Waals surface area contributed by atoms with Gasteiger partial charge in [-0.1, -0.05) is 35.0 Å². The Labute approximate surface area is 169 Å². The van der Waals surface area contributed by atoms with Gasteiger partial charge in [0.1, 0.15) is 11.5 Å². The third kappa shape index (κ3) is 3.70. The van der Waals surface area contributed by atoms with Crippen molar-refractivity contribution in [2.75, 3.05) is 20.8 Å². The van der Waals surface area contributed by atoms with Gasteiger partial charge in [-0.05, 0) is 37.6 Å². The molecule has 1 atom stereocenters. The van der Waals surface area contributed by atoms with Crippen LogP contribution in [0.2, 0.25) is 5.02 Å². The lowest BCUT2D eigenvalue weighted by Crippen LogP contribution is -2.23. The SMILES string of the molecule is COc1ccc([C@H]2CCCN2Cc2nc(-c3ccccc3Cl)no2)c(OC)c1. The van der Waals surface area contributed by atoms with Crippen LogP contribution in [0.3, 0.4) is 0 Å². The van der Waals surface area contributed by atoms with Gasteiger partial charge in [-0.25, -0.2) is 0 Å². The summed E-state index contributed by atoms with van der Waals surface area (Å²) in [6.07, 6.45) is 2.15. The Kier molecular flexibility index (Phi) is 5.50. The van der Waals surface area contributed by atoms with Crippen molar-refractivity contribution in [2.24, 2.45) is 0 Å². The Hall–Kier alpha value is -2.57. The van der Waals surface area contributed by atoms with E-state index in [9.17, 15) is 0 Å². The fourth-order valence-electron chi connectivity index (χ4n) is 3.71. The van der Waals surface area contributed by atoms with Crippen LogP contribution < -0.4 is 9.47 Å².